The van der Waals surface area contributed by atoms with E-state index in [4.69, 9.17) is 23.8 Å². The number of hydrogen-bond acceptors (Lipinski definition) is 14. The molecule has 2 fully saturated rings. The van der Waals surface area contributed by atoms with Crippen molar-refractivity contribution in [1.29, 1.82) is 0 Å². The molecule has 47 heavy (non-hydrogen) atoms. The number of carbonyl (C=O) groups is 2. The number of amides is 1. The Balaban J connectivity index is 1.88. The highest BCUT2D eigenvalue weighted by atomic mass is 16.7. The molecule has 2 aliphatic rings. The van der Waals surface area contributed by atoms with Crippen LogP contribution in [0.5, 0.6) is 11.5 Å². The van der Waals surface area contributed by atoms with Crippen molar-refractivity contribution in [2.24, 2.45) is 0 Å². The maximum Gasteiger partial charge on any atom is 0.356 e. The smallest absolute Gasteiger partial charge is 0.356 e. The number of nitrogens with one attached hydrogen (secondary N) is 2. The third kappa shape index (κ3) is 9.32. The first-order valence-electron chi connectivity index (χ1n) is 15.9. The van der Waals surface area contributed by atoms with E-state index in [0.717, 1.165) is 0 Å². The number of carbonyl (C=O) groups excluding carboxylic acids is 2. The summed E-state index contributed by atoms with van der Waals surface area (Å²) in [7, 11) is 0. The quantitative estimate of drug-likeness (QED) is 0.0763. The van der Waals surface area contributed by atoms with Crippen molar-refractivity contribution in [3.8, 4) is 11.5 Å². The molecule has 2 heterocycles. The minimum Gasteiger partial charge on any atom is -0.504 e. The van der Waals surface area contributed by atoms with Gasteiger partial charge < -0.3 is 59.7 Å². The second-order valence-corrected chi connectivity index (χ2v) is 12.1. The largest absolute Gasteiger partial charge is 0.504 e. The molecule has 9 atom stereocenters. The van der Waals surface area contributed by atoms with Gasteiger partial charge in [-0.05, 0) is 62.8 Å². The number of aromatic hydroxyl groups is 2. The van der Waals surface area contributed by atoms with Crippen LogP contribution in [0.15, 0.2) is 29.5 Å². The second kappa shape index (κ2) is 16.9. The average molecular weight is 671 g/mol. The molecule has 0 aliphatic carbocycles. The van der Waals surface area contributed by atoms with Gasteiger partial charge in [0.25, 0.3) is 0 Å². The van der Waals surface area contributed by atoms with Crippen LogP contribution in [-0.4, -0.2) is 116 Å². The van der Waals surface area contributed by atoms with Crippen molar-refractivity contribution in [3.05, 3.63) is 35.1 Å². The maximum absolute atomic E-state index is 13.4. The van der Waals surface area contributed by atoms with Gasteiger partial charge in [0.2, 0.25) is 5.91 Å². The molecule has 0 bridgehead atoms. The fourth-order valence-electron chi connectivity index (χ4n) is 5.35. The number of benzene rings is 1. The molecule has 1 amide bonds. The number of aliphatic hydroxyl groups excluding tert-OH is 4. The fraction of sp³-hybridized carbons (Fsp3) is 0.688. The van der Waals surface area contributed by atoms with E-state index in [1.165, 1.54) is 19.1 Å². The molecule has 15 heteroatoms. The monoisotopic (exact) mass is 670 g/mol. The molecule has 3 rings (SSSR count). The van der Waals surface area contributed by atoms with E-state index < -0.39 is 79.1 Å². The topological polar surface area (TPSA) is 226 Å². The summed E-state index contributed by atoms with van der Waals surface area (Å²) in [6, 6.07) is 3.22. The number of ether oxygens (including phenoxy) is 4. The molecule has 0 spiro atoms. The summed E-state index contributed by atoms with van der Waals surface area (Å²) in [6.07, 6.45) is -10.5. The van der Waals surface area contributed by atoms with Crippen LogP contribution in [-0.2, 0) is 39.8 Å². The van der Waals surface area contributed by atoms with Crippen LogP contribution >= 0.6 is 0 Å². The van der Waals surface area contributed by atoms with Crippen molar-refractivity contribution in [1.82, 2.24) is 10.8 Å². The molecular formula is C32H50N2O13. The fourth-order valence-corrected chi connectivity index (χ4v) is 5.35. The lowest BCUT2D eigenvalue weighted by Crippen LogP contribution is -2.66. The zero-order chi connectivity index (χ0) is 35.1. The predicted molar refractivity (Wildman–Crippen MR) is 166 cm³/mol. The average Bonchev–Trinajstić information content (AvgIpc) is 3.05. The van der Waals surface area contributed by atoms with E-state index in [2.05, 4.69) is 10.8 Å². The molecule has 0 radical (unpaired) electrons. The molecule has 0 aromatic heterocycles. The van der Waals surface area contributed by atoms with Gasteiger partial charge in [0.1, 0.15) is 48.4 Å². The molecule has 266 valence electrons. The van der Waals surface area contributed by atoms with Gasteiger partial charge in [-0.25, -0.2) is 4.79 Å². The molecule has 15 nitrogen and oxygen atoms in total. The summed E-state index contributed by atoms with van der Waals surface area (Å²) in [5.41, 5.74) is 3.06. The van der Waals surface area contributed by atoms with Gasteiger partial charge in [0.05, 0.1) is 12.2 Å². The molecule has 9 unspecified atom stereocenters. The van der Waals surface area contributed by atoms with Crippen LogP contribution in [0.2, 0.25) is 0 Å². The summed E-state index contributed by atoms with van der Waals surface area (Å²) < 4.78 is 24.0. The number of phenols is 2. The van der Waals surface area contributed by atoms with E-state index in [-0.39, 0.29) is 23.8 Å². The Morgan fingerprint density at radius 3 is 2.23 bits per heavy atom. The van der Waals surface area contributed by atoms with Gasteiger partial charge in [-0.1, -0.05) is 26.8 Å². The first kappa shape index (κ1) is 38.4. The SMILES string of the molecule is CC/C(C)=C1/OC(CO)C(O)C(OC2OC(C(=O)ONCCc3ccc(O)c(O)c3)C(OC(C)(CC)CC)C(O)C2O)C1NC(C)=O. The highest BCUT2D eigenvalue weighted by Crippen LogP contribution is 2.35. The Labute approximate surface area is 274 Å². The van der Waals surface area contributed by atoms with E-state index in [9.17, 15) is 40.2 Å². The Kier molecular flexibility index (Phi) is 13.8. The van der Waals surface area contributed by atoms with Gasteiger partial charge in [0.15, 0.2) is 23.9 Å². The van der Waals surface area contributed by atoms with Crippen molar-refractivity contribution >= 4 is 11.9 Å². The van der Waals surface area contributed by atoms with Crippen LogP contribution in [0.1, 0.15) is 66.4 Å². The predicted octanol–water partition coefficient (Wildman–Crippen LogP) is 0.425. The first-order valence-corrected chi connectivity index (χ1v) is 15.9. The van der Waals surface area contributed by atoms with Gasteiger partial charge >= 0.3 is 5.97 Å². The lowest BCUT2D eigenvalue weighted by atomic mass is 9.92. The Morgan fingerprint density at radius 2 is 1.66 bits per heavy atom. The molecule has 2 saturated heterocycles. The number of hydroxylamine groups is 1. The highest BCUT2D eigenvalue weighted by Gasteiger charge is 2.54. The van der Waals surface area contributed by atoms with Gasteiger partial charge in [-0.2, -0.15) is 5.48 Å². The van der Waals surface area contributed by atoms with Crippen molar-refractivity contribution in [3.63, 3.8) is 0 Å². The van der Waals surface area contributed by atoms with Crippen molar-refractivity contribution in [2.75, 3.05) is 13.2 Å². The summed E-state index contributed by atoms with van der Waals surface area (Å²) in [6.45, 7) is 9.90. The molecular weight excluding hydrogens is 620 g/mol. The van der Waals surface area contributed by atoms with E-state index in [1.54, 1.807) is 19.9 Å². The Bertz CT molecular complexity index is 1240. The second-order valence-electron chi connectivity index (χ2n) is 12.1. The zero-order valence-corrected chi connectivity index (χ0v) is 27.7. The molecule has 0 saturated carbocycles. The normalized spacial score (nSPS) is 30.7. The van der Waals surface area contributed by atoms with Gasteiger partial charge in [0, 0.05) is 13.5 Å². The number of phenolic OH excluding ortho intramolecular Hbond substituents is 2. The van der Waals surface area contributed by atoms with Crippen LogP contribution in [0.4, 0.5) is 0 Å². The molecule has 2 aliphatic heterocycles. The Morgan fingerprint density at radius 1 is 0.979 bits per heavy atom. The number of hydrogen-bond donors (Lipinski definition) is 8. The number of allylic oxidation sites excluding steroid dienone is 1. The van der Waals surface area contributed by atoms with Gasteiger partial charge in [-0.3, -0.25) is 4.79 Å². The van der Waals surface area contributed by atoms with Crippen LogP contribution in [0.3, 0.4) is 0 Å². The van der Waals surface area contributed by atoms with Crippen LogP contribution in [0, 0.1) is 0 Å². The first-order chi connectivity index (χ1) is 22.2. The number of aliphatic hydroxyl groups is 4. The minimum absolute atomic E-state index is 0.0992. The third-order valence-electron chi connectivity index (χ3n) is 8.81. The van der Waals surface area contributed by atoms with Crippen LogP contribution < -0.4 is 10.8 Å². The van der Waals surface area contributed by atoms with E-state index in [1.807, 2.05) is 20.8 Å². The maximum atomic E-state index is 13.4. The molecule has 8 N–H and O–H groups in total. The van der Waals surface area contributed by atoms with Crippen molar-refractivity contribution < 1.29 is 64.0 Å². The van der Waals surface area contributed by atoms with E-state index in [0.29, 0.717) is 36.8 Å². The highest BCUT2D eigenvalue weighted by molar-refractivity contribution is 5.75. The lowest BCUT2D eigenvalue weighted by Gasteiger charge is -2.47. The minimum atomic E-state index is -1.78. The van der Waals surface area contributed by atoms with E-state index >= 15 is 0 Å². The zero-order valence-electron chi connectivity index (χ0n) is 27.7. The van der Waals surface area contributed by atoms with Crippen LogP contribution in [0.25, 0.3) is 0 Å². The third-order valence-corrected chi connectivity index (χ3v) is 8.81. The molecule has 1 aromatic carbocycles. The van der Waals surface area contributed by atoms with Crippen molar-refractivity contribution in [2.45, 2.75) is 128 Å². The summed E-state index contributed by atoms with van der Waals surface area (Å²) in [5, 5.41) is 65.6. The van der Waals surface area contributed by atoms with Gasteiger partial charge in [-0.15, -0.1) is 0 Å². The standard InChI is InChI=1S/C32H50N2O13/c1-7-16(4)26-22(34-17(5)36)27(23(39)21(15-35)43-26)44-31-25(41)24(40)28(46-32(6,8-2)9-3)29(45-31)30(42)47-33-13-12-18-10-11-19(37)20(38)14-18/h10-11,14,21-25,27-29,31,33,35,37-41H,7-9,12-13,15H2,1-6H3,(H,34,36)/b26-16+. The molecule has 1 aromatic rings. The number of rotatable bonds is 14. The lowest BCUT2D eigenvalue weighted by molar-refractivity contribution is -0.333. The summed E-state index contributed by atoms with van der Waals surface area (Å²) in [5.74, 6) is -1.78. The summed E-state index contributed by atoms with van der Waals surface area (Å²) >= 11 is 0. The Hall–Kier alpha value is -3.02. The summed E-state index contributed by atoms with van der Waals surface area (Å²) in [4.78, 5) is 30.9.